The maximum absolute atomic E-state index is 2.92. The number of benzene rings is 2. The Labute approximate surface area is 162 Å². The molecule has 1 heterocycles. The summed E-state index contributed by atoms with van der Waals surface area (Å²) in [6, 6.07) is 13.5. The van der Waals surface area contributed by atoms with Crippen LogP contribution in [0.3, 0.4) is 0 Å². The topological polar surface area (TPSA) is 12.0 Å². The number of hydrogen-bond donors (Lipinski definition) is 1. The molecule has 2 aliphatic carbocycles. The van der Waals surface area contributed by atoms with Crippen LogP contribution < -0.4 is 15.8 Å². The van der Waals surface area contributed by atoms with Gasteiger partial charge in [0.05, 0.1) is 0 Å². The van der Waals surface area contributed by atoms with Gasteiger partial charge < -0.3 is 5.32 Å². The molecule has 0 saturated carbocycles. The van der Waals surface area contributed by atoms with Gasteiger partial charge in [-0.15, -0.1) is 0 Å². The van der Waals surface area contributed by atoms with E-state index in [9.17, 15) is 0 Å². The number of allylic oxidation sites excluding steroid dienone is 4. The van der Waals surface area contributed by atoms with E-state index in [0.29, 0.717) is 5.41 Å². The van der Waals surface area contributed by atoms with Crippen molar-refractivity contribution in [2.45, 2.75) is 38.5 Å². The molecule has 1 heteroatoms. The van der Waals surface area contributed by atoms with E-state index in [2.05, 4.69) is 67.7 Å². The van der Waals surface area contributed by atoms with Gasteiger partial charge in [0.25, 0.3) is 0 Å². The second kappa shape index (κ2) is 7.44. The van der Waals surface area contributed by atoms with Crippen LogP contribution in [-0.2, 0) is 11.8 Å². The molecular formula is C26H27N. The second-order valence-corrected chi connectivity index (χ2v) is 7.95. The Morgan fingerprint density at radius 1 is 0.778 bits per heavy atom. The molecule has 0 bridgehead atoms. The molecule has 136 valence electrons. The molecule has 0 unspecified atom stereocenters. The largest absolute Gasteiger partial charge is 0.368 e. The van der Waals surface area contributed by atoms with Crippen molar-refractivity contribution in [2.24, 2.45) is 0 Å². The van der Waals surface area contributed by atoms with Gasteiger partial charge in [-0.1, -0.05) is 74.5 Å². The first-order chi connectivity index (χ1) is 13.2. The summed E-state index contributed by atoms with van der Waals surface area (Å²) in [5, 5.41) is 5.88. The van der Waals surface area contributed by atoms with E-state index in [1.165, 1.54) is 45.5 Å². The van der Waals surface area contributed by atoms with E-state index < -0.39 is 0 Å². The Hall–Kier alpha value is -2.80. The van der Waals surface area contributed by atoms with Crippen LogP contribution >= 0.6 is 0 Å². The average Bonchev–Trinajstić information content (AvgIpc) is 3.01. The average molecular weight is 354 g/mol. The molecule has 1 nitrogen and oxygen atoms in total. The molecule has 0 atom stereocenters. The third-order valence-electron chi connectivity index (χ3n) is 5.69. The van der Waals surface area contributed by atoms with Crippen molar-refractivity contribution in [3.63, 3.8) is 0 Å². The van der Waals surface area contributed by atoms with Crippen LogP contribution in [0.5, 0.6) is 0 Å². The Bertz CT molecular complexity index is 1030. The van der Waals surface area contributed by atoms with Gasteiger partial charge in [-0.3, -0.25) is 0 Å². The minimum Gasteiger partial charge on any atom is -0.368 e. The van der Waals surface area contributed by atoms with Crippen molar-refractivity contribution in [3.05, 3.63) is 94.7 Å². The maximum Gasteiger partial charge on any atom is 0.000442 e. The lowest BCUT2D eigenvalue weighted by Crippen LogP contribution is -2.40. The molecule has 3 aliphatic rings. The summed E-state index contributed by atoms with van der Waals surface area (Å²) in [5.41, 5.74) is 6.13. The third kappa shape index (κ3) is 3.55. The van der Waals surface area contributed by atoms with Crippen LogP contribution in [0.4, 0.5) is 0 Å². The Morgan fingerprint density at radius 2 is 1.56 bits per heavy atom. The van der Waals surface area contributed by atoms with E-state index in [0.717, 1.165) is 6.42 Å². The monoisotopic (exact) mass is 353 g/mol. The normalized spacial score (nSPS) is 17.6. The van der Waals surface area contributed by atoms with Gasteiger partial charge in [0.15, 0.2) is 0 Å². The first-order valence-corrected chi connectivity index (χ1v) is 9.83. The maximum atomic E-state index is 2.92. The molecule has 27 heavy (non-hydrogen) atoms. The van der Waals surface area contributed by atoms with Crippen molar-refractivity contribution in [1.82, 2.24) is 5.32 Å². The molecular weight excluding hydrogens is 326 g/mol. The fourth-order valence-electron chi connectivity index (χ4n) is 4.19. The highest BCUT2D eigenvalue weighted by Gasteiger charge is 2.25. The van der Waals surface area contributed by atoms with Gasteiger partial charge in [0, 0.05) is 12.4 Å². The number of hydrogen-bond acceptors (Lipinski definition) is 1. The zero-order chi connectivity index (χ0) is 18.7. The number of fused-ring (bicyclic) bond motifs is 5. The molecule has 1 aliphatic heterocycles. The van der Waals surface area contributed by atoms with Gasteiger partial charge in [-0.25, -0.2) is 0 Å². The molecule has 1 N–H and O–H groups in total. The first kappa shape index (κ1) is 17.6. The smallest absolute Gasteiger partial charge is 0.000442 e. The zero-order valence-electron chi connectivity index (χ0n) is 16.2. The van der Waals surface area contributed by atoms with Gasteiger partial charge in [0.2, 0.25) is 0 Å². The molecule has 0 spiro atoms. The molecule has 2 aromatic carbocycles. The van der Waals surface area contributed by atoms with Gasteiger partial charge in [-0.2, -0.15) is 0 Å². The van der Waals surface area contributed by atoms with Crippen molar-refractivity contribution in [1.29, 1.82) is 0 Å². The summed E-state index contributed by atoms with van der Waals surface area (Å²) in [5.74, 6) is 0. The molecule has 0 amide bonds. The minimum atomic E-state index is 0.309. The molecule has 2 aromatic rings. The van der Waals surface area contributed by atoms with Crippen molar-refractivity contribution >= 4 is 12.2 Å². The SMILES string of the molecule is C1=CC=CNC=C1.CC1(C)CCC=c2c1ccc1c2=CCc2ccccc2-1. The lowest BCUT2D eigenvalue weighted by molar-refractivity contribution is 0.477. The van der Waals surface area contributed by atoms with Crippen molar-refractivity contribution in [2.75, 3.05) is 0 Å². The quantitative estimate of drug-likeness (QED) is 0.723. The Morgan fingerprint density at radius 3 is 2.37 bits per heavy atom. The molecule has 0 fully saturated rings. The third-order valence-corrected chi connectivity index (χ3v) is 5.69. The summed E-state index contributed by atoms with van der Waals surface area (Å²) >= 11 is 0. The summed E-state index contributed by atoms with van der Waals surface area (Å²) in [7, 11) is 0. The summed E-state index contributed by atoms with van der Waals surface area (Å²) in [6.07, 6.45) is 20.0. The Kier molecular flexibility index (Phi) is 4.85. The van der Waals surface area contributed by atoms with Gasteiger partial charge in [-0.05, 0) is 69.5 Å². The highest BCUT2D eigenvalue weighted by Crippen LogP contribution is 2.31. The van der Waals surface area contributed by atoms with Crippen molar-refractivity contribution < 1.29 is 0 Å². The van der Waals surface area contributed by atoms with E-state index in [1.807, 2.05) is 36.7 Å². The van der Waals surface area contributed by atoms with Crippen LogP contribution in [0, 0.1) is 0 Å². The fourth-order valence-corrected chi connectivity index (χ4v) is 4.19. The molecule has 0 saturated heterocycles. The fraction of sp³-hybridized carbons (Fsp3) is 0.231. The summed E-state index contributed by atoms with van der Waals surface area (Å²) in [6.45, 7) is 4.75. The molecule has 0 radical (unpaired) electrons. The lowest BCUT2D eigenvalue weighted by atomic mass is 9.74. The van der Waals surface area contributed by atoms with E-state index in [4.69, 9.17) is 0 Å². The van der Waals surface area contributed by atoms with E-state index >= 15 is 0 Å². The number of rotatable bonds is 0. The highest BCUT2D eigenvalue weighted by atomic mass is 14.8. The predicted octanol–water partition coefficient (Wildman–Crippen LogP) is 4.72. The van der Waals surface area contributed by atoms with Crippen molar-refractivity contribution in [3.8, 4) is 11.1 Å². The van der Waals surface area contributed by atoms with E-state index in [1.54, 1.807) is 0 Å². The lowest BCUT2D eigenvalue weighted by Gasteiger charge is -2.30. The van der Waals surface area contributed by atoms with Crippen LogP contribution in [0.25, 0.3) is 23.3 Å². The Balaban J connectivity index is 0.000000218. The predicted molar refractivity (Wildman–Crippen MR) is 117 cm³/mol. The summed E-state index contributed by atoms with van der Waals surface area (Å²) < 4.78 is 0. The highest BCUT2D eigenvalue weighted by molar-refractivity contribution is 5.74. The molecule has 0 aromatic heterocycles. The zero-order valence-corrected chi connectivity index (χ0v) is 16.2. The van der Waals surface area contributed by atoms with E-state index in [-0.39, 0.29) is 0 Å². The van der Waals surface area contributed by atoms with Gasteiger partial charge >= 0.3 is 0 Å². The molecule has 5 rings (SSSR count). The van der Waals surface area contributed by atoms with Crippen LogP contribution in [0.1, 0.15) is 37.8 Å². The minimum absolute atomic E-state index is 0.309. The first-order valence-electron chi connectivity index (χ1n) is 9.83. The standard InChI is InChI=1S/C20H20.C6H7N/c1-20(2)13-5-8-18-17-10-9-14-6-3-4-7-15(14)16(17)11-12-19(18)20;1-2-4-6-7-5-3-1/h3-4,6-8,10-12H,5,9,13H2,1-2H3;1-7H. The summed E-state index contributed by atoms with van der Waals surface area (Å²) in [4.78, 5) is 0. The number of nitrogens with one attached hydrogen (secondary N) is 1. The van der Waals surface area contributed by atoms with Crippen LogP contribution in [0.15, 0.2) is 73.1 Å². The van der Waals surface area contributed by atoms with Crippen LogP contribution in [-0.4, -0.2) is 0 Å². The van der Waals surface area contributed by atoms with Gasteiger partial charge in [0.1, 0.15) is 0 Å². The second-order valence-electron chi connectivity index (χ2n) is 7.95. The van der Waals surface area contributed by atoms with Crippen LogP contribution in [0.2, 0.25) is 0 Å².